The number of hydrogen-bond acceptors (Lipinski definition) is 3. The molecule has 2 aromatic rings. The van der Waals surface area contributed by atoms with E-state index >= 15 is 0 Å². The van der Waals surface area contributed by atoms with E-state index in [1.165, 1.54) is 0 Å². The topological polar surface area (TPSA) is 41.6 Å². The third-order valence-corrected chi connectivity index (χ3v) is 4.85. The molecular weight excluding hydrogens is 312 g/mol. The Balaban J connectivity index is 1.78. The van der Waals surface area contributed by atoms with Gasteiger partial charge in [0.25, 0.3) is 0 Å². The van der Waals surface area contributed by atoms with E-state index in [2.05, 4.69) is 30.4 Å². The second-order valence-electron chi connectivity index (χ2n) is 6.67. The Bertz CT molecular complexity index is 698. The molecule has 25 heavy (non-hydrogen) atoms. The Kier molecular flexibility index (Phi) is 5.71. The second-order valence-corrected chi connectivity index (χ2v) is 6.67. The quantitative estimate of drug-likeness (QED) is 0.844. The van der Waals surface area contributed by atoms with Gasteiger partial charge in [-0.05, 0) is 30.5 Å². The van der Waals surface area contributed by atoms with E-state index in [-0.39, 0.29) is 17.9 Å². The lowest BCUT2D eigenvalue weighted by Crippen LogP contribution is -2.54. The molecule has 1 amide bonds. The molecule has 0 radical (unpaired) electrons. The summed E-state index contributed by atoms with van der Waals surface area (Å²) >= 11 is 0. The SMILES string of the molecule is COc1ccccc1CC(C)N(Cc1ccccc1)C(=O)C1CNC1. The van der Waals surface area contributed by atoms with Crippen molar-refractivity contribution < 1.29 is 9.53 Å². The van der Waals surface area contributed by atoms with Crippen LogP contribution in [-0.4, -0.2) is 37.0 Å². The molecule has 3 rings (SSSR count). The molecule has 4 nitrogen and oxygen atoms in total. The van der Waals surface area contributed by atoms with Crippen molar-refractivity contribution in [1.82, 2.24) is 10.2 Å². The summed E-state index contributed by atoms with van der Waals surface area (Å²) in [6.45, 7) is 4.34. The molecule has 132 valence electrons. The lowest BCUT2D eigenvalue weighted by atomic mass is 9.98. The van der Waals surface area contributed by atoms with Gasteiger partial charge in [0.15, 0.2) is 0 Å². The van der Waals surface area contributed by atoms with Crippen molar-refractivity contribution in [2.24, 2.45) is 5.92 Å². The van der Waals surface area contributed by atoms with Crippen LogP contribution in [0.5, 0.6) is 5.75 Å². The molecule has 4 heteroatoms. The number of hydrogen-bond donors (Lipinski definition) is 1. The molecule has 1 aliphatic heterocycles. The summed E-state index contributed by atoms with van der Waals surface area (Å²) in [6, 6.07) is 18.3. The monoisotopic (exact) mass is 338 g/mol. The average Bonchev–Trinajstić information content (AvgIpc) is 2.59. The van der Waals surface area contributed by atoms with E-state index in [0.717, 1.165) is 36.4 Å². The molecule has 2 aromatic carbocycles. The summed E-state index contributed by atoms with van der Waals surface area (Å²) in [4.78, 5) is 15.0. The average molecular weight is 338 g/mol. The van der Waals surface area contributed by atoms with Gasteiger partial charge >= 0.3 is 0 Å². The fourth-order valence-corrected chi connectivity index (χ4v) is 3.23. The van der Waals surface area contributed by atoms with Crippen molar-refractivity contribution in [3.05, 3.63) is 65.7 Å². The van der Waals surface area contributed by atoms with Gasteiger partial charge in [0, 0.05) is 25.7 Å². The van der Waals surface area contributed by atoms with E-state index in [1.54, 1.807) is 7.11 Å². The molecule has 0 aliphatic carbocycles. The number of nitrogens with zero attached hydrogens (tertiary/aromatic N) is 1. The van der Waals surface area contributed by atoms with Crippen LogP contribution in [-0.2, 0) is 17.8 Å². The third kappa shape index (κ3) is 4.20. The fraction of sp³-hybridized carbons (Fsp3) is 0.381. The van der Waals surface area contributed by atoms with E-state index in [4.69, 9.17) is 4.74 Å². The first-order chi connectivity index (χ1) is 12.2. The van der Waals surface area contributed by atoms with Crippen LogP contribution in [0, 0.1) is 5.92 Å². The van der Waals surface area contributed by atoms with Crippen LogP contribution in [0.2, 0.25) is 0 Å². The Hall–Kier alpha value is -2.33. The summed E-state index contributed by atoms with van der Waals surface area (Å²) < 4.78 is 5.47. The van der Waals surface area contributed by atoms with Gasteiger partial charge in [-0.15, -0.1) is 0 Å². The first kappa shape index (κ1) is 17.5. The number of amides is 1. The minimum atomic E-state index is 0.101. The maximum absolute atomic E-state index is 13.0. The van der Waals surface area contributed by atoms with Crippen molar-refractivity contribution in [3.63, 3.8) is 0 Å². The first-order valence-corrected chi connectivity index (χ1v) is 8.86. The van der Waals surface area contributed by atoms with Crippen molar-refractivity contribution in [1.29, 1.82) is 0 Å². The van der Waals surface area contributed by atoms with Crippen LogP contribution in [0.1, 0.15) is 18.1 Å². The number of ether oxygens (including phenoxy) is 1. The molecule has 1 saturated heterocycles. The first-order valence-electron chi connectivity index (χ1n) is 8.86. The van der Waals surface area contributed by atoms with Crippen molar-refractivity contribution in [2.75, 3.05) is 20.2 Å². The minimum absolute atomic E-state index is 0.101. The van der Waals surface area contributed by atoms with E-state index in [1.807, 2.05) is 41.3 Å². The summed E-state index contributed by atoms with van der Waals surface area (Å²) in [6.07, 6.45) is 0.780. The second kappa shape index (κ2) is 8.17. The van der Waals surface area contributed by atoms with Gasteiger partial charge in [-0.1, -0.05) is 48.5 Å². The highest BCUT2D eigenvalue weighted by Gasteiger charge is 2.31. The lowest BCUT2D eigenvalue weighted by Gasteiger charge is -2.36. The Morgan fingerprint density at radius 3 is 2.48 bits per heavy atom. The Labute approximate surface area is 149 Å². The van der Waals surface area contributed by atoms with E-state index in [0.29, 0.717) is 6.54 Å². The van der Waals surface area contributed by atoms with Gasteiger partial charge < -0.3 is 15.0 Å². The number of benzene rings is 2. The largest absolute Gasteiger partial charge is 0.496 e. The Morgan fingerprint density at radius 2 is 1.84 bits per heavy atom. The van der Waals surface area contributed by atoms with Gasteiger partial charge in [-0.2, -0.15) is 0 Å². The predicted octanol–water partition coefficient (Wildman–Crippen LogP) is 2.87. The fourth-order valence-electron chi connectivity index (χ4n) is 3.23. The molecule has 0 aromatic heterocycles. The zero-order valence-electron chi connectivity index (χ0n) is 14.9. The smallest absolute Gasteiger partial charge is 0.228 e. The van der Waals surface area contributed by atoms with Crippen molar-refractivity contribution in [2.45, 2.75) is 25.9 Å². The maximum Gasteiger partial charge on any atom is 0.228 e. The summed E-state index contributed by atoms with van der Waals surface area (Å²) in [5.74, 6) is 1.22. The lowest BCUT2D eigenvalue weighted by molar-refractivity contribution is -0.139. The molecule has 1 atom stereocenters. The number of carbonyl (C=O) groups excluding carboxylic acids is 1. The zero-order chi connectivity index (χ0) is 17.6. The highest BCUT2D eigenvalue weighted by Crippen LogP contribution is 2.23. The molecular formula is C21H26N2O2. The standard InChI is InChI=1S/C21H26N2O2/c1-16(12-18-10-6-7-11-20(18)25-2)23(21(24)19-13-22-14-19)15-17-8-4-3-5-9-17/h3-11,16,19,22H,12-15H2,1-2H3. The van der Waals surface area contributed by atoms with Crippen LogP contribution in [0.4, 0.5) is 0 Å². The van der Waals surface area contributed by atoms with Gasteiger partial charge in [0.2, 0.25) is 5.91 Å². The van der Waals surface area contributed by atoms with Gasteiger partial charge in [0.05, 0.1) is 13.0 Å². The molecule has 1 unspecified atom stereocenters. The molecule has 1 N–H and O–H groups in total. The molecule has 0 saturated carbocycles. The van der Waals surface area contributed by atoms with Crippen LogP contribution in [0.15, 0.2) is 54.6 Å². The predicted molar refractivity (Wildman–Crippen MR) is 99.5 cm³/mol. The number of nitrogens with one attached hydrogen (secondary N) is 1. The number of carbonyl (C=O) groups is 1. The molecule has 1 heterocycles. The van der Waals surface area contributed by atoms with Crippen molar-refractivity contribution in [3.8, 4) is 5.75 Å². The number of rotatable bonds is 7. The van der Waals surface area contributed by atoms with Gasteiger partial charge in [-0.25, -0.2) is 0 Å². The van der Waals surface area contributed by atoms with Crippen LogP contribution < -0.4 is 10.1 Å². The Morgan fingerprint density at radius 1 is 1.16 bits per heavy atom. The van der Waals surface area contributed by atoms with E-state index in [9.17, 15) is 4.79 Å². The zero-order valence-corrected chi connectivity index (χ0v) is 14.9. The maximum atomic E-state index is 13.0. The molecule has 0 bridgehead atoms. The minimum Gasteiger partial charge on any atom is -0.496 e. The van der Waals surface area contributed by atoms with Crippen LogP contribution in [0.25, 0.3) is 0 Å². The van der Waals surface area contributed by atoms with Crippen LogP contribution >= 0.6 is 0 Å². The normalized spacial score (nSPS) is 15.3. The summed E-state index contributed by atoms with van der Waals surface area (Å²) in [5, 5.41) is 3.20. The summed E-state index contributed by atoms with van der Waals surface area (Å²) in [5.41, 5.74) is 2.30. The number of para-hydroxylation sites is 1. The molecule has 0 spiro atoms. The van der Waals surface area contributed by atoms with Crippen molar-refractivity contribution >= 4 is 5.91 Å². The third-order valence-electron chi connectivity index (χ3n) is 4.85. The molecule has 1 fully saturated rings. The van der Waals surface area contributed by atoms with Gasteiger partial charge in [-0.3, -0.25) is 4.79 Å². The highest BCUT2D eigenvalue weighted by molar-refractivity contribution is 5.80. The highest BCUT2D eigenvalue weighted by atomic mass is 16.5. The van der Waals surface area contributed by atoms with Crippen LogP contribution in [0.3, 0.4) is 0 Å². The number of methoxy groups -OCH3 is 1. The molecule has 1 aliphatic rings. The van der Waals surface area contributed by atoms with Gasteiger partial charge in [0.1, 0.15) is 5.75 Å². The summed E-state index contributed by atoms with van der Waals surface area (Å²) in [7, 11) is 1.69. The van der Waals surface area contributed by atoms with E-state index < -0.39 is 0 Å².